The van der Waals surface area contributed by atoms with E-state index in [-0.39, 0.29) is 5.56 Å². The van der Waals surface area contributed by atoms with Gasteiger partial charge in [-0.15, -0.1) is 0 Å². The van der Waals surface area contributed by atoms with Crippen LogP contribution in [-0.4, -0.2) is 11.3 Å². The number of nitrogens with zero attached hydrogens (tertiary/aromatic N) is 1. The van der Waals surface area contributed by atoms with Crippen molar-refractivity contribution in [1.29, 1.82) is 0 Å². The molecule has 2 aromatic carbocycles. The topological polar surface area (TPSA) is 30.0 Å². The Hall–Kier alpha value is -2.55. The van der Waals surface area contributed by atoms with Crippen molar-refractivity contribution in [3.05, 3.63) is 65.6 Å². The molecule has 1 heterocycles. The summed E-state index contributed by atoms with van der Waals surface area (Å²) < 4.78 is 13.3. The molecule has 0 saturated carbocycles. The van der Waals surface area contributed by atoms with Gasteiger partial charge in [0.15, 0.2) is 6.29 Å². The number of rotatable bonds is 2. The van der Waals surface area contributed by atoms with E-state index in [0.717, 1.165) is 27.7 Å². The summed E-state index contributed by atoms with van der Waals surface area (Å²) in [5, 5.41) is 1.02. The van der Waals surface area contributed by atoms with Gasteiger partial charge >= 0.3 is 0 Å². The summed E-state index contributed by atoms with van der Waals surface area (Å²) in [6.07, 6.45) is 0.533. The van der Waals surface area contributed by atoms with Crippen LogP contribution in [0.15, 0.2) is 48.5 Å². The van der Waals surface area contributed by atoms with Crippen LogP contribution in [0, 0.1) is 12.7 Å². The number of fused-ring (bicyclic) bond motifs is 1. The minimum absolute atomic E-state index is 0.0737. The van der Waals surface area contributed by atoms with Crippen molar-refractivity contribution < 1.29 is 9.18 Å². The third-order valence-electron chi connectivity index (χ3n) is 3.28. The fourth-order valence-electron chi connectivity index (χ4n) is 2.22. The molecule has 0 spiro atoms. The molecule has 0 aliphatic heterocycles. The van der Waals surface area contributed by atoms with Crippen LogP contribution in [0.4, 0.5) is 4.39 Å². The number of aryl methyl sites for hydroxylation is 1. The van der Waals surface area contributed by atoms with Crippen LogP contribution in [0.3, 0.4) is 0 Å². The first-order valence-electron chi connectivity index (χ1n) is 6.30. The van der Waals surface area contributed by atoms with Crippen molar-refractivity contribution in [3.8, 4) is 11.1 Å². The molecule has 0 bridgehead atoms. The minimum Gasteiger partial charge on any atom is -0.298 e. The average Bonchev–Trinajstić information content (AvgIpc) is 2.47. The van der Waals surface area contributed by atoms with Gasteiger partial charge < -0.3 is 0 Å². The van der Waals surface area contributed by atoms with Crippen LogP contribution >= 0.6 is 0 Å². The van der Waals surface area contributed by atoms with Crippen LogP contribution in [0.2, 0.25) is 0 Å². The maximum Gasteiger partial charge on any atom is 0.153 e. The lowest BCUT2D eigenvalue weighted by molar-refractivity contribution is 0.112. The number of carbonyl (C=O) groups excluding carboxylic acids is 1. The molecule has 0 aliphatic carbocycles. The standard InChI is InChI=1S/C17H12FNO/c1-11-2-3-14-8-13(5-7-17(14)19-11)12-4-6-16(18)15(9-12)10-20/h2-10H,1H3. The van der Waals surface area contributed by atoms with Gasteiger partial charge in [0.05, 0.1) is 11.1 Å². The molecule has 20 heavy (non-hydrogen) atoms. The molecule has 1 aromatic heterocycles. The first-order valence-corrected chi connectivity index (χ1v) is 6.30. The molecule has 0 unspecified atom stereocenters. The highest BCUT2D eigenvalue weighted by Gasteiger charge is 2.05. The molecule has 3 rings (SSSR count). The molecule has 98 valence electrons. The quantitative estimate of drug-likeness (QED) is 0.651. The molecule has 3 aromatic rings. The Kier molecular flexibility index (Phi) is 3.03. The normalized spacial score (nSPS) is 10.7. The number of aldehydes is 1. The fraction of sp³-hybridized carbons (Fsp3) is 0.0588. The second kappa shape index (κ2) is 4.85. The lowest BCUT2D eigenvalue weighted by Crippen LogP contribution is -1.89. The van der Waals surface area contributed by atoms with E-state index in [1.54, 1.807) is 12.1 Å². The summed E-state index contributed by atoms with van der Waals surface area (Å²) in [5.74, 6) is -0.498. The van der Waals surface area contributed by atoms with Crippen LogP contribution in [0.1, 0.15) is 16.1 Å². The Morgan fingerprint density at radius 3 is 2.55 bits per heavy atom. The van der Waals surface area contributed by atoms with Crippen molar-refractivity contribution in [3.63, 3.8) is 0 Å². The number of benzene rings is 2. The van der Waals surface area contributed by atoms with Gasteiger partial charge in [0.2, 0.25) is 0 Å². The Balaban J connectivity index is 2.14. The summed E-state index contributed by atoms with van der Waals surface area (Å²) in [5.41, 5.74) is 3.72. The van der Waals surface area contributed by atoms with E-state index in [1.165, 1.54) is 6.07 Å². The molecule has 0 atom stereocenters. The average molecular weight is 265 g/mol. The van der Waals surface area contributed by atoms with Crippen molar-refractivity contribution in [2.45, 2.75) is 6.92 Å². The van der Waals surface area contributed by atoms with Gasteiger partial charge in [-0.2, -0.15) is 0 Å². The fourth-order valence-corrected chi connectivity index (χ4v) is 2.22. The molecule has 0 amide bonds. The van der Waals surface area contributed by atoms with E-state index < -0.39 is 5.82 Å². The summed E-state index contributed by atoms with van der Waals surface area (Å²) in [6, 6.07) is 14.4. The number of pyridine rings is 1. The Bertz CT molecular complexity index is 811. The van der Waals surface area contributed by atoms with Crippen molar-refractivity contribution in [1.82, 2.24) is 4.98 Å². The van der Waals surface area contributed by atoms with E-state index in [1.807, 2.05) is 37.3 Å². The van der Waals surface area contributed by atoms with Gasteiger partial charge in [-0.1, -0.05) is 18.2 Å². The number of hydrogen-bond donors (Lipinski definition) is 0. The Morgan fingerprint density at radius 1 is 1.00 bits per heavy atom. The summed E-state index contributed by atoms with van der Waals surface area (Å²) >= 11 is 0. The van der Waals surface area contributed by atoms with Crippen molar-refractivity contribution >= 4 is 17.2 Å². The monoisotopic (exact) mass is 265 g/mol. The zero-order valence-corrected chi connectivity index (χ0v) is 10.9. The third kappa shape index (κ3) is 2.18. The molecule has 0 N–H and O–H groups in total. The number of aromatic nitrogens is 1. The SMILES string of the molecule is Cc1ccc2cc(-c3ccc(F)c(C=O)c3)ccc2n1. The smallest absolute Gasteiger partial charge is 0.153 e. The predicted octanol–water partition coefficient (Wildman–Crippen LogP) is 4.16. The second-order valence-electron chi connectivity index (χ2n) is 4.71. The molecule has 0 aliphatic rings. The van der Waals surface area contributed by atoms with Crippen molar-refractivity contribution in [2.75, 3.05) is 0 Å². The van der Waals surface area contributed by atoms with E-state index >= 15 is 0 Å². The van der Waals surface area contributed by atoms with Crippen LogP contribution in [0.5, 0.6) is 0 Å². The summed E-state index contributed by atoms with van der Waals surface area (Å²) in [7, 11) is 0. The minimum atomic E-state index is -0.498. The highest BCUT2D eigenvalue weighted by molar-refractivity contribution is 5.86. The van der Waals surface area contributed by atoms with Crippen LogP contribution in [0.25, 0.3) is 22.0 Å². The lowest BCUT2D eigenvalue weighted by Gasteiger charge is -2.06. The van der Waals surface area contributed by atoms with Gasteiger partial charge in [-0.25, -0.2) is 4.39 Å². The van der Waals surface area contributed by atoms with Gasteiger partial charge in [-0.3, -0.25) is 9.78 Å². The first-order chi connectivity index (χ1) is 9.67. The molecular weight excluding hydrogens is 253 g/mol. The van der Waals surface area contributed by atoms with Crippen molar-refractivity contribution in [2.24, 2.45) is 0 Å². The zero-order chi connectivity index (χ0) is 14.1. The third-order valence-corrected chi connectivity index (χ3v) is 3.28. The number of halogens is 1. The highest BCUT2D eigenvalue weighted by Crippen LogP contribution is 2.25. The molecule has 3 heteroatoms. The van der Waals surface area contributed by atoms with Gasteiger partial charge in [-0.05, 0) is 48.4 Å². The molecule has 0 saturated heterocycles. The molecule has 0 radical (unpaired) electrons. The van der Waals surface area contributed by atoms with E-state index in [0.29, 0.717) is 6.29 Å². The molecule has 0 fully saturated rings. The van der Waals surface area contributed by atoms with E-state index in [9.17, 15) is 9.18 Å². The predicted molar refractivity (Wildman–Crippen MR) is 77.3 cm³/mol. The van der Waals surface area contributed by atoms with E-state index in [2.05, 4.69) is 4.98 Å². The second-order valence-corrected chi connectivity index (χ2v) is 4.71. The first kappa shape index (κ1) is 12.5. The van der Waals surface area contributed by atoms with Crippen LogP contribution < -0.4 is 0 Å². The largest absolute Gasteiger partial charge is 0.298 e. The maximum absolute atomic E-state index is 13.3. The van der Waals surface area contributed by atoms with E-state index in [4.69, 9.17) is 0 Å². The maximum atomic E-state index is 13.3. The van der Waals surface area contributed by atoms with Crippen LogP contribution in [-0.2, 0) is 0 Å². The summed E-state index contributed by atoms with van der Waals surface area (Å²) in [6.45, 7) is 1.95. The summed E-state index contributed by atoms with van der Waals surface area (Å²) in [4.78, 5) is 15.3. The Morgan fingerprint density at radius 2 is 1.75 bits per heavy atom. The van der Waals surface area contributed by atoms with Gasteiger partial charge in [0, 0.05) is 11.1 Å². The van der Waals surface area contributed by atoms with Gasteiger partial charge in [0.25, 0.3) is 0 Å². The highest BCUT2D eigenvalue weighted by atomic mass is 19.1. The zero-order valence-electron chi connectivity index (χ0n) is 10.9. The lowest BCUT2D eigenvalue weighted by atomic mass is 10.0. The van der Waals surface area contributed by atoms with Gasteiger partial charge in [0.1, 0.15) is 5.82 Å². The Labute approximate surface area is 115 Å². The molecule has 2 nitrogen and oxygen atoms in total. The number of carbonyl (C=O) groups is 1. The number of hydrogen-bond acceptors (Lipinski definition) is 2. The molecular formula is C17H12FNO.